The fourth-order valence-electron chi connectivity index (χ4n) is 3.68. The molecule has 1 fully saturated rings. The number of halogens is 1. The third-order valence-corrected chi connectivity index (χ3v) is 5.74. The van der Waals surface area contributed by atoms with Crippen LogP contribution in [-0.2, 0) is 22.7 Å². The normalized spacial score (nSPS) is 15.8. The molecule has 32 heavy (non-hydrogen) atoms. The van der Waals surface area contributed by atoms with Gasteiger partial charge in [0.05, 0.1) is 13.0 Å². The Bertz CT molecular complexity index is 1110. The summed E-state index contributed by atoms with van der Waals surface area (Å²) in [5.74, 6) is -0.925. The number of thiocarbonyl (C=S) groups is 1. The van der Waals surface area contributed by atoms with E-state index in [1.807, 2.05) is 60.7 Å². The topological polar surface area (TPSA) is 52.7 Å². The molecule has 0 saturated carbocycles. The summed E-state index contributed by atoms with van der Waals surface area (Å²) >= 11 is 5.67. The molecule has 1 aliphatic heterocycles. The quantitative estimate of drug-likeness (QED) is 0.547. The van der Waals surface area contributed by atoms with Crippen molar-refractivity contribution in [3.8, 4) is 0 Å². The standard InChI is InChI=1S/C25H22FN3O2S/c26-20-11-13-21(14-12-20)27-23(30)15-22-24(31)29(17-19-9-5-2-6-10-19)25(32)28(22)16-18-7-3-1-4-8-18/h1-14,22H,15-17H2,(H,27,30). The van der Waals surface area contributed by atoms with Crippen LogP contribution in [0.25, 0.3) is 0 Å². The van der Waals surface area contributed by atoms with Crippen molar-refractivity contribution < 1.29 is 14.0 Å². The molecule has 0 aromatic heterocycles. The zero-order valence-corrected chi connectivity index (χ0v) is 18.1. The van der Waals surface area contributed by atoms with Crippen molar-refractivity contribution >= 4 is 34.8 Å². The summed E-state index contributed by atoms with van der Waals surface area (Å²) in [6.07, 6.45) is -0.0610. The van der Waals surface area contributed by atoms with Gasteiger partial charge < -0.3 is 10.2 Å². The van der Waals surface area contributed by atoms with Gasteiger partial charge in [0.1, 0.15) is 11.9 Å². The smallest absolute Gasteiger partial charge is 0.252 e. The van der Waals surface area contributed by atoms with Crippen LogP contribution in [0.3, 0.4) is 0 Å². The highest BCUT2D eigenvalue weighted by atomic mass is 32.1. The molecule has 0 bridgehead atoms. The lowest BCUT2D eigenvalue weighted by Gasteiger charge is -2.24. The van der Waals surface area contributed by atoms with Crippen LogP contribution in [0, 0.1) is 5.82 Å². The number of carbonyl (C=O) groups excluding carboxylic acids is 2. The van der Waals surface area contributed by atoms with Gasteiger partial charge in [-0.3, -0.25) is 14.5 Å². The lowest BCUT2D eigenvalue weighted by Crippen LogP contribution is -2.37. The molecule has 4 rings (SSSR count). The summed E-state index contributed by atoms with van der Waals surface area (Å²) in [6.45, 7) is 0.769. The van der Waals surface area contributed by atoms with E-state index in [4.69, 9.17) is 12.2 Å². The van der Waals surface area contributed by atoms with Gasteiger partial charge in [-0.1, -0.05) is 60.7 Å². The minimum Gasteiger partial charge on any atom is -0.332 e. The van der Waals surface area contributed by atoms with Gasteiger partial charge in [0, 0.05) is 12.2 Å². The summed E-state index contributed by atoms with van der Waals surface area (Å²) in [6, 6.07) is 24.1. The van der Waals surface area contributed by atoms with Gasteiger partial charge in [-0.15, -0.1) is 0 Å². The predicted molar refractivity (Wildman–Crippen MR) is 125 cm³/mol. The van der Waals surface area contributed by atoms with Crippen molar-refractivity contribution in [1.29, 1.82) is 0 Å². The Morgan fingerprint density at radius 2 is 1.44 bits per heavy atom. The van der Waals surface area contributed by atoms with Crippen LogP contribution in [0.4, 0.5) is 10.1 Å². The molecule has 1 N–H and O–H groups in total. The Kier molecular flexibility index (Phi) is 6.56. The molecule has 0 aliphatic carbocycles. The zero-order chi connectivity index (χ0) is 22.5. The van der Waals surface area contributed by atoms with Gasteiger partial charge >= 0.3 is 0 Å². The first kappa shape index (κ1) is 21.6. The largest absolute Gasteiger partial charge is 0.332 e. The van der Waals surface area contributed by atoms with Crippen LogP contribution in [0.2, 0.25) is 0 Å². The van der Waals surface area contributed by atoms with Crippen LogP contribution in [0.15, 0.2) is 84.9 Å². The lowest BCUT2D eigenvalue weighted by atomic mass is 10.1. The van der Waals surface area contributed by atoms with Crippen molar-refractivity contribution in [3.05, 3.63) is 102 Å². The van der Waals surface area contributed by atoms with Crippen molar-refractivity contribution in [2.24, 2.45) is 0 Å². The maximum atomic E-state index is 13.3. The molecule has 3 aromatic rings. The fraction of sp³-hybridized carbons (Fsp3) is 0.160. The highest BCUT2D eigenvalue weighted by Crippen LogP contribution is 2.25. The molecule has 162 valence electrons. The average molecular weight is 448 g/mol. The zero-order valence-electron chi connectivity index (χ0n) is 17.3. The lowest BCUT2D eigenvalue weighted by molar-refractivity contribution is -0.131. The summed E-state index contributed by atoms with van der Waals surface area (Å²) in [5, 5.41) is 3.14. The van der Waals surface area contributed by atoms with Crippen LogP contribution in [0.1, 0.15) is 17.5 Å². The number of benzene rings is 3. The second-order valence-electron chi connectivity index (χ2n) is 7.58. The number of carbonyl (C=O) groups is 2. The van der Waals surface area contributed by atoms with Gasteiger partial charge in [0.2, 0.25) is 5.91 Å². The molecule has 1 atom stereocenters. The number of hydrogen-bond acceptors (Lipinski definition) is 3. The van der Waals surface area contributed by atoms with Crippen LogP contribution >= 0.6 is 12.2 Å². The van der Waals surface area contributed by atoms with Gasteiger partial charge in [-0.05, 0) is 47.6 Å². The molecule has 3 aromatic carbocycles. The molecule has 1 aliphatic rings. The SMILES string of the molecule is O=C(CC1C(=O)N(Cc2ccccc2)C(=S)N1Cc1ccccc1)Nc1ccc(F)cc1. The number of anilines is 1. The van der Waals surface area contributed by atoms with Crippen molar-refractivity contribution in [2.45, 2.75) is 25.6 Å². The van der Waals surface area contributed by atoms with Crippen molar-refractivity contribution in [3.63, 3.8) is 0 Å². The predicted octanol–water partition coefficient (Wildman–Crippen LogP) is 4.35. The van der Waals surface area contributed by atoms with Crippen molar-refractivity contribution in [1.82, 2.24) is 9.80 Å². The number of nitrogens with zero attached hydrogens (tertiary/aromatic N) is 2. The first-order chi connectivity index (χ1) is 15.5. The third kappa shape index (κ3) is 5.00. The van der Waals surface area contributed by atoms with Crippen molar-refractivity contribution in [2.75, 3.05) is 5.32 Å². The Morgan fingerprint density at radius 1 is 0.875 bits per heavy atom. The Hall–Kier alpha value is -3.58. The summed E-state index contributed by atoms with van der Waals surface area (Å²) < 4.78 is 13.1. The molecule has 0 spiro atoms. The maximum Gasteiger partial charge on any atom is 0.252 e. The molecule has 1 saturated heterocycles. The second kappa shape index (κ2) is 9.70. The number of amides is 2. The molecule has 1 unspecified atom stereocenters. The van der Waals surface area contributed by atoms with E-state index in [9.17, 15) is 14.0 Å². The molecule has 5 nitrogen and oxygen atoms in total. The van der Waals surface area contributed by atoms with E-state index >= 15 is 0 Å². The molecule has 1 heterocycles. The van der Waals surface area contributed by atoms with Gasteiger partial charge in [0.15, 0.2) is 5.11 Å². The minimum absolute atomic E-state index is 0.0610. The molecular formula is C25H22FN3O2S. The van der Waals surface area contributed by atoms with Gasteiger partial charge in [-0.25, -0.2) is 4.39 Å². The molecule has 7 heteroatoms. The van der Waals surface area contributed by atoms with E-state index in [-0.39, 0.29) is 24.1 Å². The average Bonchev–Trinajstić information content (AvgIpc) is 3.01. The van der Waals surface area contributed by atoms with E-state index in [2.05, 4.69) is 5.32 Å². The molecule has 0 radical (unpaired) electrons. The Balaban J connectivity index is 1.54. The first-order valence-corrected chi connectivity index (χ1v) is 10.7. The van der Waals surface area contributed by atoms with Gasteiger partial charge in [0.25, 0.3) is 5.91 Å². The molecule has 2 amide bonds. The number of rotatable bonds is 7. The fourth-order valence-corrected chi connectivity index (χ4v) is 4.03. The van der Waals surface area contributed by atoms with Gasteiger partial charge in [-0.2, -0.15) is 0 Å². The maximum absolute atomic E-state index is 13.3. The monoisotopic (exact) mass is 447 g/mol. The van der Waals surface area contributed by atoms with Crippen LogP contribution in [-0.4, -0.2) is 32.8 Å². The van der Waals surface area contributed by atoms with E-state index in [0.717, 1.165) is 11.1 Å². The van der Waals surface area contributed by atoms with E-state index in [1.54, 1.807) is 9.80 Å². The molecular weight excluding hydrogens is 425 g/mol. The summed E-state index contributed by atoms with van der Waals surface area (Å²) in [4.78, 5) is 29.4. The third-order valence-electron chi connectivity index (χ3n) is 5.29. The van der Waals surface area contributed by atoms with Crippen LogP contribution < -0.4 is 5.32 Å². The Morgan fingerprint density at radius 3 is 2.03 bits per heavy atom. The number of hydrogen-bond donors (Lipinski definition) is 1. The minimum atomic E-state index is -0.716. The number of nitrogens with one attached hydrogen (secondary N) is 1. The summed E-state index contributed by atoms with van der Waals surface area (Å²) in [7, 11) is 0. The first-order valence-electron chi connectivity index (χ1n) is 10.3. The van der Waals surface area contributed by atoms with Crippen LogP contribution in [0.5, 0.6) is 0 Å². The van der Waals surface area contributed by atoms with E-state index < -0.39 is 6.04 Å². The van der Waals surface area contributed by atoms with E-state index in [0.29, 0.717) is 23.9 Å². The second-order valence-corrected chi connectivity index (χ2v) is 7.95. The Labute approximate surface area is 191 Å². The summed E-state index contributed by atoms with van der Waals surface area (Å²) in [5.41, 5.74) is 2.42. The highest BCUT2D eigenvalue weighted by Gasteiger charge is 2.43. The highest BCUT2D eigenvalue weighted by molar-refractivity contribution is 7.80. The van der Waals surface area contributed by atoms with E-state index in [1.165, 1.54) is 24.3 Å².